The summed E-state index contributed by atoms with van der Waals surface area (Å²) in [5, 5.41) is 10.6. The smallest absolute Gasteiger partial charge is 0.462 e. The van der Waals surface area contributed by atoms with E-state index in [0.29, 0.717) is 31.6 Å². The van der Waals surface area contributed by atoms with E-state index in [9.17, 15) is 43.2 Å². The van der Waals surface area contributed by atoms with E-state index in [4.69, 9.17) is 37.0 Å². The van der Waals surface area contributed by atoms with Gasteiger partial charge >= 0.3 is 39.5 Å². The Hall–Kier alpha value is -1.94. The Morgan fingerprint density at radius 1 is 0.292 bits per heavy atom. The molecular formula is C77H150O17P2. The van der Waals surface area contributed by atoms with Crippen molar-refractivity contribution in [2.45, 2.75) is 408 Å². The number of aliphatic hydroxyl groups is 1. The van der Waals surface area contributed by atoms with E-state index in [1.165, 1.54) is 180 Å². The predicted octanol–water partition coefficient (Wildman–Crippen LogP) is 22.4. The maximum Gasteiger partial charge on any atom is 0.472 e. The number of hydrogen-bond donors (Lipinski definition) is 3. The van der Waals surface area contributed by atoms with Crippen LogP contribution in [0.4, 0.5) is 0 Å². The van der Waals surface area contributed by atoms with Gasteiger partial charge in [-0.25, -0.2) is 9.13 Å². The number of carbonyl (C=O) groups is 4. The summed E-state index contributed by atoms with van der Waals surface area (Å²) in [7, 11) is -9.91. The number of ether oxygens (including phenoxy) is 4. The standard InChI is InChI=1S/C77H150O17P2/c1-9-70(8)56-48-40-35-36-42-50-58-75(80)88-64-73(94-77(82)59-51-43-32-26-22-17-15-13-11-10-12-14-16-20-24-29-37-45-53-67(2)3)66-92-96(85,86)90-62-71(78)61-89-95(83,84)91-65-72(63-87-74(79)57-49-41-34-28-31-39-47-55-69(6)7)93-76(81)60-52-44-33-27-23-19-18-21-25-30-38-46-54-68(4)5/h67-73,78H,9-66H2,1-8H3,(H,83,84)(H,85,86)/t70?,71-,72-,73-/m1/s1. The van der Waals surface area contributed by atoms with Crippen molar-refractivity contribution in [2.24, 2.45) is 23.7 Å². The van der Waals surface area contributed by atoms with Crippen LogP contribution < -0.4 is 0 Å². The highest BCUT2D eigenvalue weighted by molar-refractivity contribution is 7.47. The van der Waals surface area contributed by atoms with Crippen LogP contribution in [0.15, 0.2) is 0 Å². The molecule has 0 bridgehead atoms. The lowest BCUT2D eigenvalue weighted by molar-refractivity contribution is -0.161. The van der Waals surface area contributed by atoms with Gasteiger partial charge in [-0.3, -0.25) is 37.3 Å². The lowest BCUT2D eigenvalue weighted by Gasteiger charge is -2.21. The summed E-state index contributed by atoms with van der Waals surface area (Å²) >= 11 is 0. The molecule has 19 heteroatoms. The number of rotatable bonds is 74. The Morgan fingerprint density at radius 3 is 0.740 bits per heavy atom. The van der Waals surface area contributed by atoms with Gasteiger partial charge in [0.1, 0.15) is 19.3 Å². The average Bonchev–Trinajstić information content (AvgIpc) is 3.70. The molecule has 0 aromatic heterocycles. The van der Waals surface area contributed by atoms with Crippen LogP contribution >= 0.6 is 15.6 Å². The maximum atomic E-state index is 13.1. The maximum absolute atomic E-state index is 13.1. The van der Waals surface area contributed by atoms with Crippen molar-refractivity contribution >= 4 is 39.5 Å². The van der Waals surface area contributed by atoms with Gasteiger partial charge in [-0.1, -0.05) is 338 Å². The Kier molecular flexibility index (Phi) is 65.0. The molecule has 0 aliphatic carbocycles. The molecule has 0 saturated carbocycles. The third-order valence-corrected chi connectivity index (χ3v) is 20.1. The van der Waals surface area contributed by atoms with Gasteiger partial charge in [-0.15, -0.1) is 0 Å². The largest absolute Gasteiger partial charge is 0.472 e. The van der Waals surface area contributed by atoms with Gasteiger partial charge in [0.25, 0.3) is 0 Å². The molecule has 0 rings (SSSR count). The topological polar surface area (TPSA) is 237 Å². The number of carbonyl (C=O) groups excluding carboxylic acids is 4. The van der Waals surface area contributed by atoms with Gasteiger partial charge in [0.15, 0.2) is 12.2 Å². The lowest BCUT2D eigenvalue weighted by Crippen LogP contribution is -2.30. The van der Waals surface area contributed by atoms with Crippen molar-refractivity contribution in [3.63, 3.8) is 0 Å². The van der Waals surface area contributed by atoms with Gasteiger partial charge in [-0.2, -0.15) is 0 Å². The summed E-state index contributed by atoms with van der Waals surface area (Å²) in [6, 6.07) is 0. The molecule has 0 fully saturated rings. The van der Waals surface area contributed by atoms with E-state index >= 15 is 0 Å². The monoisotopic (exact) mass is 1410 g/mol. The van der Waals surface area contributed by atoms with Crippen LogP contribution in [0.3, 0.4) is 0 Å². The highest BCUT2D eigenvalue weighted by Crippen LogP contribution is 2.45. The molecule has 570 valence electrons. The van der Waals surface area contributed by atoms with Crippen LogP contribution in [-0.4, -0.2) is 96.7 Å². The molecule has 0 saturated heterocycles. The first-order valence-corrected chi connectivity index (χ1v) is 42.7. The van der Waals surface area contributed by atoms with Gasteiger partial charge in [0, 0.05) is 25.7 Å². The number of hydrogen-bond acceptors (Lipinski definition) is 15. The summed E-state index contributed by atoms with van der Waals surface area (Å²) in [5.41, 5.74) is 0. The summed E-state index contributed by atoms with van der Waals surface area (Å²) in [6.45, 7) is 14.2. The van der Waals surface area contributed by atoms with Crippen molar-refractivity contribution in [3.8, 4) is 0 Å². The molecule has 3 unspecified atom stereocenters. The quantitative estimate of drug-likeness (QED) is 0.0222. The highest BCUT2D eigenvalue weighted by Gasteiger charge is 2.30. The Labute approximate surface area is 588 Å². The van der Waals surface area contributed by atoms with Crippen LogP contribution in [0.1, 0.15) is 389 Å². The number of phosphoric ester groups is 2. The van der Waals surface area contributed by atoms with Crippen LogP contribution in [-0.2, 0) is 65.4 Å². The zero-order chi connectivity index (χ0) is 71.0. The predicted molar refractivity (Wildman–Crippen MR) is 391 cm³/mol. The van der Waals surface area contributed by atoms with Crippen molar-refractivity contribution in [2.75, 3.05) is 39.6 Å². The third-order valence-electron chi connectivity index (χ3n) is 18.2. The average molecular weight is 1410 g/mol. The van der Waals surface area contributed by atoms with Crippen LogP contribution in [0.5, 0.6) is 0 Å². The van der Waals surface area contributed by atoms with E-state index in [1.54, 1.807) is 0 Å². The summed E-state index contributed by atoms with van der Waals surface area (Å²) in [5.74, 6) is 0.910. The summed E-state index contributed by atoms with van der Waals surface area (Å²) in [6.07, 6.45) is 51.6. The van der Waals surface area contributed by atoms with E-state index in [0.717, 1.165) is 120 Å². The van der Waals surface area contributed by atoms with Gasteiger partial charge < -0.3 is 33.8 Å². The van der Waals surface area contributed by atoms with Crippen LogP contribution in [0.25, 0.3) is 0 Å². The van der Waals surface area contributed by atoms with Crippen molar-refractivity contribution in [3.05, 3.63) is 0 Å². The van der Waals surface area contributed by atoms with E-state index in [-0.39, 0.29) is 25.7 Å². The molecule has 0 aliphatic heterocycles. The molecule has 96 heavy (non-hydrogen) atoms. The van der Waals surface area contributed by atoms with E-state index < -0.39 is 97.5 Å². The molecule has 0 aromatic rings. The van der Waals surface area contributed by atoms with E-state index in [1.807, 2.05) is 0 Å². The molecular weight excluding hydrogens is 1260 g/mol. The Balaban J connectivity index is 5.18. The first kappa shape index (κ1) is 94.1. The van der Waals surface area contributed by atoms with Gasteiger partial charge in [0.2, 0.25) is 0 Å². The third kappa shape index (κ3) is 69.2. The zero-order valence-electron chi connectivity index (χ0n) is 63.0. The molecule has 0 spiro atoms. The molecule has 0 aliphatic rings. The first-order valence-electron chi connectivity index (χ1n) is 39.7. The number of phosphoric acid groups is 2. The Morgan fingerprint density at radius 2 is 0.500 bits per heavy atom. The van der Waals surface area contributed by atoms with Crippen LogP contribution in [0.2, 0.25) is 0 Å². The minimum Gasteiger partial charge on any atom is -0.462 e. The fourth-order valence-corrected chi connectivity index (χ4v) is 13.3. The zero-order valence-corrected chi connectivity index (χ0v) is 64.8. The first-order chi connectivity index (χ1) is 46.1. The fraction of sp³-hybridized carbons (Fsp3) is 0.948. The van der Waals surface area contributed by atoms with Gasteiger partial charge in [0.05, 0.1) is 26.4 Å². The number of esters is 4. The normalized spacial score (nSPS) is 14.4. The lowest BCUT2D eigenvalue weighted by atomic mass is 10.00. The number of unbranched alkanes of at least 4 members (excludes halogenated alkanes) is 39. The van der Waals surface area contributed by atoms with Gasteiger partial charge in [-0.05, 0) is 49.4 Å². The van der Waals surface area contributed by atoms with Crippen molar-refractivity contribution < 1.29 is 80.2 Å². The molecule has 0 radical (unpaired) electrons. The van der Waals surface area contributed by atoms with Crippen LogP contribution in [0, 0.1) is 23.7 Å². The SMILES string of the molecule is CCC(C)CCCCCCCCC(=O)OC[C@H](COP(=O)(O)OC[C@H](O)COP(=O)(O)OC[C@@H](COC(=O)CCCCCCCCCC(C)C)OC(=O)CCCCCCCCCCCCCCC(C)C)OC(=O)CCCCCCCCCCCCCCCCCCCCC(C)C. The van der Waals surface area contributed by atoms with Crippen molar-refractivity contribution in [1.29, 1.82) is 0 Å². The fourth-order valence-electron chi connectivity index (χ4n) is 11.7. The molecule has 6 atom stereocenters. The van der Waals surface area contributed by atoms with Crippen molar-refractivity contribution in [1.82, 2.24) is 0 Å². The molecule has 0 aromatic carbocycles. The minimum absolute atomic E-state index is 0.106. The molecule has 0 amide bonds. The Bertz CT molecular complexity index is 1890. The summed E-state index contributed by atoms with van der Waals surface area (Å²) in [4.78, 5) is 72.8. The molecule has 3 N–H and O–H groups in total. The molecule has 0 heterocycles. The second-order valence-electron chi connectivity index (χ2n) is 29.4. The second-order valence-corrected chi connectivity index (χ2v) is 32.3. The van der Waals surface area contributed by atoms with E-state index in [2.05, 4.69) is 55.4 Å². The summed E-state index contributed by atoms with van der Waals surface area (Å²) < 4.78 is 68.5. The minimum atomic E-state index is -4.96. The molecule has 17 nitrogen and oxygen atoms in total. The second kappa shape index (κ2) is 66.3. The highest BCUT2D eigenvalue weighted by atomic mass is 31.2. The number of aliphatic hydroxyl groups excluding tert-OH is 1.